The second-order valence-electron chi connectivity index (χ2n) is 6.73. The van der Waals surface area contributed by atoms with E-state index in [1.165, 1.54) is 10.8 Å². The monoisotopic (exact) mass is 381 g/mol. The molecule has 0 aliphatic rings. The third-order valence-corrected chi connectivity index (χ3v) is 5.89. The van der Waals surface area contributed by atoms with Crippen LogP contribution in [0.15, 0.2) is 62.8 Å². The van der Waals surface area contributed by atoms with Crippen molar-refractivity contribution >= 4 is 31.6 Å². The summed E-state index contributed by atoms with van der Waals surface area (Å²) in [6.07, 6.45) is 3.63. The van der Waals surface area contributed by atoms with E-state index in [9.17, 15) is 13.2 Å². The average Bonchev–Trinajstić information content (AvgIpc) is 3.06. The first kappa shape index (κ1) is 17.5. The zero-order valence-corrected chi connectivity index (χ0v) is 16.1. The molecule has 2 aromatic carbocycles. The summed E-state index contributed by atoms with van der Waals surface area (Å²) in [5, 5.41) is 2.09. The Morgan fingerprint density at radius 3 is 2.41 bits per heavy atom. The quantitative estimate of drug-likeness (QED) is 0.539. The summed E-state index contributed by atoms with van der Waals surface area (Å²) in [4.78, 5) is 12.7. The first-order chi connectivity index (χ1) is 12.8. The van der Waals surface area contributed by atoms with Crippen molar-refractivity contribution in [3.05, 3.63) is 64.8 Å². The van der Waals surface area contributed by atoms with Crippen LogP contribution in [0.5, 0.6) is 0 Å². The normalized spacial score (nSPS) is 12.1. The third kappa shape index (κ3) is 2.86. The maximum Gasteiger partial charge on any atom is 0.258 e. The van der Waals surface area contributed by atoms with Crippen LogP contribution < -0.4 is 5.56 Å². The molecule has 6 heteroatoms. The largest absolute Gasteiger partial charge is 0.460 e. The van der Waals surface area contributed by atoms with E-state index in [-0.39, 0.29) is 10.5 Å². The van der Waals surface area contributed by atoms with E-state index in [2.05, 4.69) is 0 Å². The average molecular weight is 381 g/mol. The summed E-state index contributed by atoms with van der Waals surface area (Å²) in [5.41, 5.74) is 1.96. The Hall–Kier alpha value is -2.86. The van der Waals surface area contributed by atoms with E-state index in [1.807, 2.05) is 31.2 Å². The minimum Gasteiger partial charge on any atom is -0.460 e. The number of hydrogen-bond acceptors (Lipinski definition) is 4. The fraction of sp³-hybridized carbons (Fsp3) is 0.190. The Labute approximate surface area is 156 Å². The first-order valence-corrected chi connectivity index (χ1v) is 10.5. The summed E-state index contributed by atoms with van der Waals surface area (Å²) >= 11 is 0. The van der Waals surface area contributed by atoms with Crippen LogP contribution in [0, 0.1) is 0 Å². The maximum absolute atomic E-state index is 12.5. The predicted molar refractivity (Wildman–Crippen MR) is 107 cm³/mol. The van der Waals surface area contributed by atoms with Crippen molar-refractivity contribution < 1.29 is 12.8 Å². The van der Waals surface area contributed by atoms with Gasteiger partial charge in [0.25, 0.3) is 5.56 Å². The number of furan rings is 1. The van der Waals surface area contributed by atoms with Crippen LogP contribution in [-0.4, -0.2) is 19.2 Å². The van der Waals surface area contributed by atoms with Gasteiger partial charge in [0.05, 0.1) is 4.90 Å². The lowest BCUT2D eigenvalue weighted by atomic mass is 9.99. The second-order valence-corrected chi connectivity index (χ2v) is 8.75. The molecule has 0 bridgehead atoms. The molecule has 0 aliphatic carbocycles. The Morgan fingerprint density at radius 2 is 1.74 bits per heavy atom. The molecular weight excluding hydrogens is 362 g/mol. The molecular formula is C21H19NO4S. The molecule has 0 unspecified atom stereocenters. The van der Waals surface area contributed by atoms with Crippen molar-refractivity contribution in [1.29, 1.82) is 0 Å². The highest BCUT2D eigenvalue weighted by atomic mass is 32.2. The molecule has 2 aromatic heterocycles. The molecule has 4 aromatic rings. The smallest absolute Gasteiger partial charge is 0.258 e. The van der Waals surface area contributed by atoms with Gasteiger partial charge in [-0.15, -0.1) is 0 Å². The van der Waals surface area contributed by atoms with E-state index in [0.717, 1.165) is 22.1 Å². The minimum atomic E-state index is -3.40. The van der Waals surface area contributed by atoms with Crippen LogP contribution in [0.25, 0.3) is 32.9 Å². The molecule has 0 amide bonds. The van der Waals surface area contributed by atoms with Gasteiger partial charge in [0.15, 0.2) is 9.84 Å². The molecule has 138 valence electrons. The summed E-state index contributed by atoms with van der Waals surface area (Å²) in [5.74, 6) is 0.783. The highest BCUT2D eigenvalue weighted by Crippen LogP contribution is 2.36. The number of rotatable bonds is 3. The van der Waals surface area contributed by atoms with Gasteiger partial charge in [0.1, 0.15) is 11.3 Å². The lowest BCUT2D eigenvalue weighted by Crippen LogP contribution is -2.16. The van der Waals surface area contributed by atoms with E-state index in [0.29, 0.717) is 23.0 Å². The van der Waals surface area contributed by atoms with Crippen molar-refractivity contribution in [1.82, 2.24) is 4.57 Å². The van der Waals surface area contributed by atoms with Crippen LogP contribution in [-0.2, 0) is 23.3 Å². The topological polar surface area (TPSA) is 69.3 Å². The number of pyridine rings is 1. The summed E-state index contributed by atoms with van der Waals surface area (Å²) < 4.78 is 32.0. The number of aromatic nitrogens is 1. The van der Waals surface area contributed by atoms with Gasteiger partial charge >= 0.3 is 0 Å². The first-order valence-electron chi connectivity index (χ1n) is 8.65. The number of sulfone groups is 1. The lowest BCUT2D eigenvalue weighted by Gasteiger charge is -2.11. The number of fused-ring (bicyclic) bond motifs is 2. The fourth-order valence-corrected chi connectivity index (χ4v) is 4.07. The van der Waals surface area contributed by atoms with Gasteiger partial charge in [-0.1, -0.05) is 25.1 Å². The molecule has 0 atom stereocenters. The van der Waals surface area contributed by atoms with Crippen molar-refractivity contribution in [2.45, 2.75) is 18.2 Å². The number of aryl methyl sites for hydroxylation is 2. The fourth-order valence-electron chi connectivity index (χ4n) is 3.40. The highest BCUT2D eigenvalue weighted by molar-refractivity contribution is 7.90. The van der Waals surface area contributed by atoms with Crippen molar-refractivity contribution in [2.24, 2.45) is 7.05 Å². The highest BCUT2D eigenvalue weighted by Gasteiger charge is 2.19. The minimum absolute atomic E-state index is 0.0986. The van der Waals surface area contributed by atoms with E-state index in [1.54, 1.807) is 31.4 Å². The van der Waals surface area contributed by atoms with Gasteiger partial charge in [0.2, 0.25) is 0 Å². The van der Waals surface area contributed by atoms with E-state index >= 15 is 0 Å². The van der Waals surface area contributed by atoms with Gasteiger partial charge in [0, 0.05) is 47.8 Å². The molecule has 2 heterocycles. The molecule has 0 saturated carbocycles. The summed E-state index contributed by atoms with van der Waals surface area (Å²) in [6, 6.07) is 12.5. The van der Waals surface area contributed by atoms with Crippen LogP contribution >= 0.6 is 0 Å². The molecule has 0 fully saturated rings. The predicted octanol–water partition coefficient (Wildman–Crippen LogP) is 3.92. The molecule has 0 spiro atoms. The molecule has 0 saturated heterocycles. The van der Waals surface area contributed by atoms with Gasteiger partial charge in [-0.3, -0.25) is 4.79 Å². The van der Waals surface area contributed by atoms with E-state index < -0.39 is 9.84 Å². The van der Waals surface area contributed by atoms with Crippen LogP contribution in [0.4, 0.5) is 0 Å². The van der Waals surface area contributed by atoms with Gasteiger partial charge in [-0.2, -0.15) is 0 Å². The Morgan fingerprint density at radius 1 is 1.04 bits per heavy atom. The molecule has 0 N–H and O–H groups in total. The SMILES string of the molecule is CCc1cc2cc(S(C)(=O)=O)cc(-c3cn(C)c(=O)c4ccccc34)c2o1. The van der Waals surface area contributed by atoms with Gasteiger partial charge < -0.3 is 8.98 Å². The Kier molecular flexibility index (Phi) is 3.96. The Balaban J connectivity index is 2.19. The zero-order chi connectivity index (χ0) is 19.3. The summed E-state index contributed by atoms with van der Waals surface area (Å²) in [6.45, 7) is 1.98. The molecule has 4 rings (SSSR count). The van der Waals surface area contributed by atoms with Gasteiger partial charge in [-0.25, -0.2) is 8.42 Å². The molecule has 27 heavy (non-hydrogen) atoms. The molecule has 5 nitrogen and oxygen atoms in total. The zero-order valence-electron chi connectivity index (χ0n) is 15.3. The number of hydrogen-bond donors (Lipinski definition) is 0. The van der Waals surface area contributed by atoms with Gasteiger partial charge in [-0.05, 0) is 29.7 Å². The van der Waals surface area contributed by atoms with E-state index in [4.69, 9.17) is 4.42 Å². The van der Waals surface area contributed by atoms with Crippen molar-refractivity contribution in [2.75, 3.05) is 6.26 Å². The Bertz CT molecular complexity index is 1360. The standard InChI is InChI=1S/C21H19NO4S/c1-4-14-9-13-10-15(27(3,24)25)11-18(20(13)26-14)19-12-22(2)21(23)17-8-6-5-7-16(17)19/h5-12H,4H2,1-3H3. The third-order valence-electron chi connectivity index (χ3n) is 4.80. The summed E-state index contributed by atoms with van der Waals surface area (Å²) in [7, 11) is -1.71. The van der Waals surface area contributed by atoms with Crippen LogP contribution in [0.3, 0.4) is 0 Å². The van der Waals surface area contributed by atoms with Crippen LogP contribution in [0.1, 0.15) is 12.7 Å². The lowest BCUT2D eigenvalue weighted by molar-refractivity contribution is 0.558. The van der Waals surface area contributed by atoms with Crippen molar-refractivity contribution in [3.63, 3.8) is 0 Å². The molecule has 0 aliphatic heterocycles. The van der Waals surface area contributed by atoms with Crippen LogP contribution in [0.2, 0.25) is 0 Å². The second kappa shape index (κ2) is 6.09. The maximum atomic E-state index is 12.5. The molecule has 0 radical (unpaired) electrons. The van der Waals surface area contributed by atoms with Crippen molar-refractivity contribution in [3.8, 4) is 11.1 Å². The number of benzene rings is 2. The number of nitrogens with zero attached hydrogens (tertiary/aromatic N) is 1.